The Morgan fingerprint density at radius 3 is 2.55 bits per heavy atom. The molecule has 2 rings (SSSR count). The number of carbonyl (C=O) groups excluding carboxylic acids is 1. The van der Waals surface area contributed by atoms with Crippen molar-refractivity contribution in [1.82, 2.24) is 9.97 Å². The maximum Gasteiger partial charge on any atom is 0.358 e. The van der Waals surface area contributed by atoms with Gasteiger partial charge in [-0.2, -0.15) is 0 Å². The van der Waals surface area contributed by atoms with Gasteiger partial charge in [0.2, 0.25) is 0 Å². The monoisotopic (exact) mass is 315 g/mol. The van der Waals surface area contributed by atoms with E-state index < -0.39 is 11.8 Å². The maximum absolute atomic E-state index is 13.1. The SMILES string of the molecule is COC(=O)c1cncc(Nc2c(Cl)cc(F)cc2Cl)n1. The second-order valence-electron chi connectivity index (χ2n) is 3.65. The molecular formula is C12H8Cl2FN3O2. The average Bonchev–Trinajstić information content (AvgIpc) is 2.42. The number of anilines is 2. The van der Waals surface area contributed by atoms with E-state index in [1.54, 1.807) is 0 Å². The molecule has 1 heterocycles. The van der Waals surface area contributed by atoms with Gasteiger partial charge < -0.3 is 10.1 Å². The summed E-state index contributed by atoms with van der Waals surface area (Å²) in [4.78, 5) is 19.2. The van der Waals surface area contributed by atoms with Gasteiger partial charge in [0, 0.05) is 0 Å². The quantitative estimate of drug-likeness (QED) is 0.879. The number of esters is 1. The molecule has 5 nitrogen and oxygen atoms in total. The molecule has 1 N–H and O–H groups in total. The maximum atomic E-state index is 13.1. The van der Waals surface area contributed by atoms with Crippen LogP contribution >= 0.6 is 23.2 Å². The minimum atomic E-state index is -0.627. The molecule has 0 unspecified atom stereocenters. The molecule has 0 atom stereocenters. The van der Waals surface area contributed by atoms with E-state index in [1.807, 2.05) is 0 Å². The molecule has 20 heavy (non-hydrogen) atoms. The summed E-state index contributed by atoms with van der Waals surface area (Å²) >= 11 is 11.8. The van der Waals surface area contributed by atoms with Crippen LogP contribution in [0, 0.1) is 5.82 Å². The first-order valence-corrected chi connectivity index (χ1v) is 6.09. The third kappa shape index (κ3) is 3.15. The third-order valence-electron chi connectivity index (χ3n) is 2.29. The largest absolute Gasteiger partial charge is 0.464 e. The number of carbonyl (C=O) groups is 1. The van der Waals surface area contributed by atoms with Crippen LogP contribution in [0.25, 0.3) is 0 Å². The molecule has 0 saturated carbocycles. The molecule has 1 aromatic heterocycles. The van der Waals surface area contributed by atoms with Crippen molar-refractivity contribution in [3.05, 3.63) is 46.1 Å². The minimum Gasteiger partial charge on any atom is -0.464 e. The molecule has 0 aliphatic heterocycles. The Labute approximate surface area is 123 Å². The molecule has 0 spiro atoms. The summed E-state index contributed by atoms with van der Waals surface area (Å²) in [5.41, 5.74) is 0.290. The molecule has 0 aliphatic rings. The smallest absolute Gasteiger partial charge is 0.358 e. The van der Waals surface area contributed by atoms with Crippen molar-refractivity contribution in [2.45, 2.75) is 0 Å². The Kier molecular flexibility index (Phi) is 4.36. The lowest BCUT2D eigenvalue weighted by molar-refractivity contribution is 0.0593. The number of halogens is 3. The lowest BCUT2D eigenvalue weighted by Crippen LogP contribution is -2.07. The zero-order valence-electron chi connectivity index (χ0n) is 10.2. The zero-order valence-corrected chi connectivity index (χ0v) is 11.7. The number of hydrogen-bond acceptors (Lipinski definition) is 5. The lowest BCUT2D eigenvalue weighted by atomic mass is 10.3. The zero-order chi connectivity index (χ0) is 14.7. The van der Waals surface area contributed by atoms with E-state index in [9.17, 15) is 9.18 Å². The van der Waals surface area contributed by atoms with Crippen LogP contribution in [-0.2, 0) is 4.74 Å². The molecule has 1 aromatic carbocycles. The standard InChI is InChI=1S/C12H8Cl2FN3O2/c1-20-12(19)9-4-16-5-10(17-9)18-11-7(13)2-6(15)3-8(11)14/h2-5H,1H3,(H,17,18). The molecule has 104 valence electrons. The number of ether oxygens (including phenoxy) is 1. The summed E-state index contributed by atoms with van der Waals surface area (Å²) in [6, 6.07) is 2.21. The fourth-order valence-corrected chi connectivity index (χ4v) is 1.97. The van der Waals surface area contributed by atoms with Gasteiger partial charge in [-0.3, -0.25) is 4.98 Å². The first kappa shape index (κ1) is 14.5. The van der Waals surface area contributed by atoms with Crippen LogP contribution in [-0.4, -0.2) is 23.0 Å². The molecular weight excluding hydrogens is 308 g/mol. The summed E-state index contributed by atoms with van der Waals surface area (Å²) in [6.45, 7) is 0. The summed E-state index contributed by atoms with van der Waals surface area (Å²) < 4.78 is 17.6. The van der Waals surface area contributed by atoms with Crippen LogP contribution in [0.15, 0.2) is 24.5 Å². The van der Waals surface area contributed by atoms with Gasteiger partial charge >= 0.3 is 5.97 Å². The van der Waals surface area contributed by atoms with E-state index in [2.05, 4.69) is 20.0 Å². The number of rotatable bonds is 3. The van der Waals surface area contributed by atoms with E-state index >= 15 is 0 Å². The van der Waals surface area contributed by atoms with Crippen LogP contribution in [0.2, 0.25) is 10.0 Å². The van der Waals surface area contributed by atoms with Crippen LogP contribution in [0.5, 0.6) is 0 Å². The van der Waals surface area contributed by atoms with Crippen LogP contribution in [0.1, 0.15) is 10.5 Å². The second-order valence-corrected chi connectivity index (χ2v) is 4.46. The number of nitrogens with zero attached hydrogens (tertiary/aromatic N) is 2. The Morgan fingerprint density at radius 1 is 1.30 bits per heavy atom. The molecule has 2 aromatic rings. The van der Waals surface area contributed by atoms with Crippen LogP contribution in [0.3, 0.4) is 0 Å². The minimum absolute atomic E-state index is 0.0202. The molecule has 0 amide bonds. The van der Waals surface area contributed by atoms with E-state index in [4.69, 9.17) is 23.2 Å². The van der Waals surface area contributed by atoms with E-state index in [1.165, 1.54) is 19.5 Å². The predicted octanol–water partition coefficient (Wildman–Crippen LogP) is 3.45. The van der Waals surface area contributed by atoms with Gasteiger partial charge in [-0.1, -0.05) is 23.2 Å². The number of methoxy groups -OCH3 is 1. The van der Waals surface area contributed by atoms with Crippen molar-refractivity contribution in [3.63, 3.8) is 0 Å². The highest BCUT2D eigenvalue weighted by atomic mass is 35.5. The molecule has 0 radical (unpaired) electrons. The summed E-state index contributed by atoms with van der Waals surface area (Å²) in [5, 5.41) is 2.94. The summed E-state index contributed by atoms with van der Waals surface area (Å²) in [5.74, 6) is -0.958. The van der Waals surface area contributed by atoms with Gasteiger partial charge in [0.1, 0.15) is 11.6 Å². The van der Waals surface area contributed by atoms with E-state index in [-0.39, 0.29) is 27.2 Å². The molecule has 0 aliphatic carbocycles. The van der Waals surface area contributed by atoms with Crippen molar-refractivity contribution < 1.29 is 13.9 Å². The van der Waals surface area contributed by atoms with Gasteiger partial charge in [-0.15, -0.1) is 0 Å². The van der Waals surface area contributed by atoms with Gasteiger partial charge in [-0.25, -0.2) is 14.2 Å². The first-order chi connectivity index (χ1) is 9.51. The van der Waals surface area contributed by atoms with Gasteiger partial charge in [0.15, 0.2) is 5.69 Å². The molecule has 0 fully saturated rings. The molecule has 0 saturated heterocycles. The van der Waals surface area contributed by atoms with Gasteiger partial charge in [-0.05, 0) is 12.1 Å². The Balaban J connectivity index is 2.33. The average molecular weight is 316 g/mol. The topological polar surface area (TPSA) is 64.1 Å². The van der Waals surface area contributed by atoms with E-state index in [0.29, 0.717) is 0 Å². The Morgan fingerprint density at radius 2 is 1.95 bits per heavy atom. The fourth-order valence-electron chi connectivity index (χ4n) is 1.42. The van der Waals surface area contributed by atoms with Gasteiger partial charge in [0.05, 0.1) is 35.2 Å². The molecule has 0 bridgehead atoms. The van der Waals surface area contributed by atoms with Crippen LogP contribution < -0.4 is 5.32 Å². The van der Waals surface area contributed by atoms with Crippen molar-refractivity contribution in [1.29, 1.82) is 0 Å². The predicted molar refractivity (Wildman–Crippen MR) is 73.1 cm³/mol. The lowest BCUT2D eigenvalue weighted by Gasteiger charge is -2.10. The van der Waals surface area contributed by atoms with Crippen molar-refractivity contribution in [2.24, 2.45) is 0 Å². The Bertz CT molecular complexity index is 644. The van der Waals surface area contributed by atoms with Crippen molar-refractivity contribution in [3.8, 4) is 0 Å². The number of aromatic nitrogens is 2. The number of benzene rings is 1. The number of nitrogens with one attached hydrogen (secondary N) is 1. The normalized spacial score (nSPS) is 10.2. The van der Waals surface area contributed by atoms with Crippen LogP contribution in [0.4, 0.5) is 15.9 Å². The molecule has 8 heteroatoms. The second kappa shape index (κ2) is 6.02. The summed E-state index contributed by atoms with van der Waals surface area (Å²) in [6.07, 6.45) is 2.62. The van der Waals surface area contributed by atoms with Crippen molar-refractivity contribution in [2.75, 3.05) is 12.4 Å². The first-order valence-electron chi connectivity index (χ1n) is 5.33. The highest BCUT2D eigenvalue weighted by molar-refractivity contribution is 6.39. The summed E-state index contributed by atoms with van der Waals surface area (Å²) in [7, 11) is 1.23. The highest BCUT2D eigenvalue weighted by Gasteiger charge is 2.12. The van der Waals surface area contributed by atoms with Crippen molar-refractivity contribution >= 4 is 40.7 Å². The number of hydrogen-bond donors (Lipinski definition) is 1. The van der Waals surface area contributed by atoms with Gasteiger partial charge in [0.25, 0.3) is 0 Å². The van der Waals surface area contributed by atoms with E-state index in [0.717, 1.165) is 12.1 Å². The highest BCUT2D eigenvalue weighted by Crippen LogP contribution is 2.33. The Hall–Kier alpha value is -1.92. The fraction of sp³-hybridized carbons (Fsp3) is 0.0833. The third-order valence-corrected chi connectivity index (χ3v) is 2.89.